The first-order valence-corrected chi connectivity index (χ1v) is 7.07. The second-order valence-corrected chi connectivity index (χ2v) is 5.52. The molecule has 0 radical (unpaired) electrons. The Morgan fingerprint density at radius 1 is 1.22 bits per heavy atom. The Morgan fingerprint density at radius 3 is 2.67 bits per heavy atom. The highest BCUT2D eigenvalue weighted by molar-refractivity contribution is 7.09. The maximum atomic E-state index is 9.78. The van der Waals surface area contributed by atoms with Crippen LogP contribution in [0.25, 0.3) is 0 Å². The molecule has 0 aliphatic heterocycles. The zero-order valence-corrected chi connectivity index (χ0v) is 11.7. The molecule has 0 spiro atoms. The lowest BCUT2D eigenvalue weighted by atomic mass is 10.1. The molecule has 0 aliphatic rings. The Bertz CT molecular complexity index is 479. The third-order valence-electron chi connectivity index (χ3n) is 3.07. The van der Waals surface area contributed by atoms with E-state index < -0.39 is 6.10 Å². The summed E-state index contributed by atoms with van der Waals surface area (Å²) < 4.78 is 0. The van der Waals surface area contributed by atoms with Crippen LogP contribution in [0.5, 0.6) is 0 Å². The van der Waals surface area contributed by atoms with Crippen LogP contribution in [0.1, 0.15) is 23.5 Å². The maximum Gasteiger partial charge on any atom is 0.0781 e. The summed E-state index contributed by atoms with van der Waals surface area (Å²) in [5.41, 5.74) is 2.11. The highest BCUT2D eigenvalue weighted by Crippen LogP contribution is 2.25. The van der Waals surface area contributed by atoms with Crippen molar-refractivity contribution in [2.75, 3.05) is 18.5 Å². The Labute approximate surface area is 113 Å². The Kier molecular flexibility index (Phi) is 4.39. The Hall–Kier alpha value is -1.32. The Balaban J connectivity index is 2.06. The lowest BCUT2D eigenvalue weighted by Crippen LogP contribution is -2.21. The summed E-state index contributed by atoms with van der Waals surface area (Å²) in [7, 11) is 2.08. The number of aliphatic hydroxyl groups excluding tert-OH is 1. The van der Waals surface area contributed by atoms with E-state index in [2.05, 4.69) is 35.5 Å². The number of aliphatic hydroxyl groups is 1. The van der Waals surface area contributed by atoms with Gasteiger partial charge in [-0.25, -0.2) is 0 Å². The van der Waals surface area contributed by atoms with Crippen LogP contribution in [0.15, 0.2) is 41.8 Å². The topological polar surface area (TPSA) is 23.5 Å². The molecule has 96 valence electrons. The normalized spacial score (nSPS) is 12.4. The number of likely N-dealkylation sites (N-methyl/N-ethyl adjacent to an activating group) is 1. The minimum atomic E-state index is -0.426. The van der Waals surface area contributed by atoms with Crippen molar-refractivity contribution >= 4 is 17.0 Å². The number of hydrogen-bond acceptors (Lipinski definition) is 3. The van der Waals surface area contributed by atoms with Gasteiger partial charge in [-0.15, -0.1) is 11.3 Å². The molecule has 1 heterocycles. The maximum absolute atomic E-state index is 9.78. The van der Waals surface area contributed by atoms with E-state index in [0.717, 1.165) is 24.2 Å². The first kappa shape index (κ1) is 13.1. The number of hydrogen-bond donors (Lipinski definition) is 1. The largest absolute Gasteiger partial charge is 0.389 e. The minimum Gasteiger partial charge on any atom is -0.389 e. The average molecular weight is 261 g/mol. The molecule has 0 bridgehead atoms. The fourth-order valence-corrected chi connectivity index (χ4v) is 2.74. The van der Waals surface area contributed by atoms with Crippen LogP contribution in [-0.2, 0) is 6.42 Å². The van der Waals surface area contributed by atoms with Gasteiger partial charge >= 0.3 is 0 Å². The first-order valence-electron chi connectivity index (χ1n) is 6.19. The second-order valence-electron chi connectivity index (χ2n) is 4.49. The summed E-state index contributed by atoms with van der Waals surface area (Å²) in [6, 6.07) is 12.3. The molecular formula is C15H19NOS. The molecule has 1 aromatic carbocycles. The van der Waals surface area contributed by atoms with Crippen LogP contribution >= 0.6 is 11.3 Å². The SMILES string of the molecule is C[C@H](O)c1ccccc1N(C)CCc1cccs1. The predicted octanol–water partition coefficient (Wildman–Crippen LogP) is 3.48. The molecule has 2 rings (SSSR count). The fourth-order valence-electron chi connectivity index (χ4n) is 2.04. The van der Waals surface area contributed by atoms with Gasteiger partial charge in [-0.3, -0.25) is 0 Å². The molecule has 0 fully saturated rings. The van der Waals surface area contributed by atoms with E-state index >= 15 is 0 Å². The summed E-state index contributed by atoms with van der Waals surface area (Å²) in [5.74, 6) is 0. The zero-order valence-electron chi connectivity index (χ0n) is 10.8. The smallest absolute Gasteiger partial charge is 0.0781 e. The molecule has 0 saturated carbocycles. The summed E-state index contributed by atoms with van der Waals surface area (Å²) in [5, 5.41) is 11.9. The molecule has 0 amide bonds. The third-order valence-corrected chi connectivity index (χ3v) is 4.01. The lowest BCUT2D eigenvalue weighted by Gasteiger charge is -2.23. The molecule has 2 aromatic rings. The van der Waals surface area contributed by atoms with Gasteiger partial charge in [0.25, 0.3) is 0 Å². The van der Waals surface area contributed by atoms with E-state index in [0.29, 0.717) is 0 Å². The summed E-state index contributed by atoms with van der Waals surface area (Å²) >= 11 is 1.79. The van der Waals surface area contributed by atoms with E-state index in [1.807, 2.05) is 25.1 Å². The van der Waals surface area contributed by atoms with Gasteiger partial charge in [-0.05, 0) is 30.9 Å². The van der Waals surface area contributed by atoms with Crippen molar-refractivity contribution < 1.29 is 5.11 Å². The third kappa shape index (κ3) is 3.12. The molecule has 0 aliphatic carbocycles. The number of rotatable bonds is 5. The molecule has 1 aromatic heterocycles. The molecule has 2 nitrogen and oxygen atoms in total. The van der Waals surface area contributed by atoms with Gasteiger partial charge in [0.2, 0.25) is 0 Å². The van der Waals surface area contributed by atoms with Crippen LogP contribution in [-0.4, -0.2) is 18.7 Å². The number of thiophene rings is 1. The molecule has 18 heavy (non-hydrogen) atoms. The molecule has 1 N–H and O–H groups in total. The van der Waals surface area contributed by atoms with Crippen molar-refractivity contribution in [2.24, 2.45) is 0 Å². The van der Waals surface area contributed by atoms with Gasteiger partial charge < -0.3 is 10.0 Å². The predicted molar refractivity (Wildman–Crippen MR) is 78.4 cm³/mol. The van der Waals surface area contributed by atoms with Crippen LogP contribution in [0.3, 0.4) is 0 Å². The van der Waals surface area contributed by atoms with Crippen molar-refractivity contribution in [3.05, 3.63) is 52.2 Å². The van der Waals surface area contributed by atoms with E-state index in [9.17, 15) is 5.11 Å². The summed E-state index contributed by atoms with van der Waals surface area (Å²) in [6.45, 7) is 2.77. The molecule has 0 unspecified atom stereocenters. The van der Waals surface area contributed by atoms with Crippen molar-refractivity contribution in [2.45, 2.75) is 19.4 Å². The lowest BCUT2D eigenvalue weighted by molar-refractivity contribution is 0.199. The van der Waals surface area contributed by atoms with Crippen molar-refractivity contribution in [3.63, 3.8) is 0 Å². The second kappa shape index (κ2) is 6.03. The van der Waals surface area contributed by atoms with E-state index in [1.54, 1.807) is 11.3 Å². The highest BCUT2D eigenvalue weighted by Gasteiger charge is 2.10. The number of nitrogens with zero attached hydrogens (tertiary/aromatic N) is 1. The van der Waals surface area contributed by atoms with Crippen LogP contribution in [0, 0.1) is 0 Å². The molecule has 0 saturated heterocycles. The first-order chi connectivity index (χ1) is 8.68. The minimum absolute atomic E-state index is 0.426. The van der Waals surface area contributed by atoms with E-state index in [-0.39, 0.29) is 0 Å². The fraction of sp³-hybridized carbons (Fsp3) is 0.333. The zero-order chi connectivity index (χ0) is 13.0. The average Bonchev–Trinajstić information content (AvgIpc) is 2.89. The van der Waals surface area contributed by atoms with Gasteiger partial charge in [0, 0.05) is 29.7 Å². The van der Waals surface area contributed by atoms with Crippen LogP contribution in [0.4, 0.5) is 5.69 Å². The summed E-state index contributed by atoms with van der Waals surface area (Å²) in [4.78, 5) is 3.61. The Morgan fingerprint density at radius 2 is 2.00 bits per heavy atom. The number of para-hydroxylation sites is 1. The molecular weight excluding hydrogens is 242 g/mol. The van der Waals surface area contributed by atoms with Gasteiger partial charge in [-0.1, -0.05) is 24.3 Å². The standard InChI is InChI=1S/C15H19NOS/c1-12(17)14-7-3-4-8-15(14)16(2)10-9-13-6-5-11-18-13/h3-8,11-12,17H,9-10H2,1-2H3/t12-/m0/s1. The van der Waals surface area contributed by atoms with Gasteiger partial charge in [-0.2, -0.15) is 0 Å². The van der Waals surface area contributed by atoms with E-state index in [4.69, 9.17) is 0 Å². The van der Waals surface area contributed by atoms with Gasteiger partial charge in [0.1, 0.15) is 0 Å². The van der Waals surface area contributed by atoms with Crippen molar-refractivity contribution in [3.8, 4) is 0 Å². The summed E-state index contributed by atoms with van der Waals surface area (Å²) in [6.07, 6.45) is 0.618. The quantitative estimate of drug-likeness (QED) is 0.890. The van der Waals surface area contributed by atoms with Crippen LogP contribution < -0.4 is 4.90 Å². The highest BCUT2D eigenvalue weighted by atomic mass is 32.1. The number of anilines is 1. The van der Waals surface area contributed by atoms with E-state index in [1.165, 1.54) is 4.88 Å². The van der Waals surface area contributed by atoms with Crippen molar-refractivity contribution in [1.29, 1.82) is 0 Å². The molecule has 1 atom stereocenters. The van der Waals surface area contributed by atoms with Gasteiger partial charge in [0.05, 0.1) is 6.10 Å². The van der Waals surface area contributed by atoms with Gasteiger partial charge in [0.15, 0.2) is 0 Å². The number of benzene rings is 1. The van der Waals surface area contributed by atoms with Crippen LogP contribution in [0.2, 0.25) is 0 Å². The molecule has 3 heteroatoms. The van der Waals surface area contributed by atoms with Crippen molar-refractivity contribution in [1.82, 2.24) is 0 Å². The monoisotopic (exact) mass is 261 g/mol.